The summed E-state index contributed by atoms with van der Waals surface area (Å²) in [4.78, 5) is 4.34. The zero-order chi connectivity index (χ0) is 26.5. The van der Waals surface area contributed by atoms with Crippen molar-refractivity contribution >= 4 is 50.1 Å². The highest BCUT2D eigenvalue weighted by atomic mass is 32.2. The predicted molar refractivity (Wildman–Crippen MR) is 158 cm³/mol. The molecule has 1 aromatic heterocycles. The predicted octanol–water partition coefficient (Wildman–Crippen LogP) is 6.37. The molecule has 194 valence electrons. The lowest BCUT2D eigenvalue weighted by Crippen LogP contribution is -2.66. The highest BCUT2D eigenvalue weighted by molar-refractivity contribution is 7.93. The maximum atomic E-state index is 12.9. The van der Waals surface area contributed by atoms with Gasteiger partial charge in [-0.1, -0.05) is 105 Å². The fourth-order valence-electron chi connectivity index (χ4n) is 4.79. The van der Waals surface area contributed by atoms with Crippen LogP contribution in [0.4, 0.5) is 0 Å². The monoisotopic (exact) mass is 549 g/mol. The summed E-state index contributed by atoms with van der Waals surface area (Å²) in [7, 11) is -5.98. The second-order valence-corrected chi connectivity index (χ2v) is 18.0. The molecule has 37 heavy (non-hydrogen) atoms. The molecule has 0 radical (unpaired) electrons. The van der Waals surface area contributed by atoms with Crippen molar-refractivity contribution in [1.82, 2.24) is 4.98 Å². The molecule has 0 N–H and O–H groups in total. The third kappa shape index (κ3) is 6.12. The van der Waals surface area contributed by atoms with Crippen LogP contribution in [0.3, 0.4) is 0 Å². The van der Waals surface area contributed by atoms with Gasteiger partial charge in [-0.3, -0.25) is 0 Å². The molecule has 3 aromatic carbocycles. The largest absolute Gasteiger partial charge is 0.404 e. The van der Waals surface area contributed by atoms with E-state index in [0.29, 0.717) is 19.4 Å². The first-order valence-corrected chi connectivity index (χ1v) is 17.0. The molecule has 0 fully saturated rings. The van der Waals surface area contributed by atoms with E-state index in [1.165, 1.54) is 21.7 Å². The van der Waals surface area contributed by atoms with Gasteiger partial charge >= 0.3 is 0 Å². The summed E-state index contributed by atoms with van der Waals surface area (Å²) in [5.41, 5.74) is 1.88. The number of rotatable bonds is 10. The van der Waals surface area contributed by atoms with Crippen LogP contribution in [0.25, 0.3) is 10.2 Å². The smallest absolute Gasteiger partial charge is 0.261 e. The minimum atomic E-state index is -3.40. The molecule has 0 amide bonds. The number of sulfone groups is 1. The minimum absolute atomic E-state index is 0.0806. The van der Waals surface area contributed by atoms with Crippen LogP contribution in [0.15, 0.2) is 101 Å². The van der Waals surface area contributed by atoms with E-state index in [9.17, 15) is 8.42 Å². The Morgan fingerprint density at radius 3 is 2.05 bits per heavy atom. The molecule has 0 atom stereocenters. The summed E-state index contributed by atoms with van der Waals surface area (Å²) in [6, 6.07) is 28.7. The number of hydrogen-bond donors (Lipinski definition) is 0. The van der Waals surface area contributed by atoms with Crippen molar-refractivity contribution in [2.24, 2.45) is 0 Å². The summed E-state index contributed by atoms with van der Waals surface area (Å²) in [6.45, 7) is 9.34. The van der Waals surface area contributed by atoms with Gasteiger partial charge in [0.15, 0.2) is 0 Å². The van der Waals surface area contributed by atoms with Gasteiger partial charge in [-0.2, -0.15) is 0 Å². The van der Waals surface area contributed by atoms with Crippen molar-refractivity contribution in [2.75, 3.05) is 12.4 Å². The number of para-hydroxylation sites is 1. The lowest BCUT2D eigenvalue weighted by Gasteiger charge is -2.42. The Kier molecular flexibility index (Phi) is 8.48. The van der Waals surface area contributed by atoms with Crippen molar-refractivity contribution in [3.05, 3.63) is 96.6 Å². The number of fused-ring (bicyclic) bond motifs is 1. The molecular formula is C30H35NO3S2Si. The maximum absolute atomic E-state index is 12.9. The number of allylic oxidation sites excluding steroid dienone is 1. The van der Waals surface area contributed by atoms with Crippen LogP contribution in [0.2, 0.25) is 5.04 Å². The Labute approximate surface area is 226 Å². The molecule has 0 aliphatic rings. The highest BCUT2D eigenvalue weighted by Gasteiger charge is 2.49. The zero-order valence-corrected chi connectivity index (χ0v) is 24.6. The van der Waals surface area contributed by atoms with Crippen molar-refractivity contribution in [1.29, 1.82) is 0 Å². The summed E-state index contributed by atoms with van der Waals surface area (Å²) < 4.78 is 33.8. The van der Waals surface area contributed by atoms with Gasteiger partial charge in [0.25, 0.3) is 8.32 Å². The lowest BCUT2D eigenvalue weighted by atomic mass is 10.2. The van der Waals surface area contributed by atoms with E-state index < -0.39 is 18.2 Å². The number of aromatic nitrogens is 1. The first kappa shape index (κ1) is 27.5. The average molecular weight is 550 g/mol. The first-order valence-electron chi connectivity index (χ1n) is 12.6. The Morgan fingerprint density at radius 2 is 1.49 bits per heavy atom. The van der Waals surface area contributed by atoms with Gasteiger partial charge in [-0.15, -0.1) is 11.3 Å². The number of nitrogens with zero attached hydrogens (tertiary/aromatic N) is 1. The minimum Gasteiger partial charge on any atom is -0.404 e. The van der Waals surface area contributed by atoms with E-state index in [1.807, 2.05) is 36.4 Å². The van der Waals surface area contributed by atoms with Gasteiger partial charge in [0.1, 0.15) is 0 Å². The van der Waals surface area contributed by atoms with Gasteiger partial charge in [-0.05, 0) is 47.3 Å². The Morgan fingerprint density at radius 1 is 0.919 bits per heavy atom. The first-order chi connectivity index (χ1) is 17.6. The number of benzene rings is 3. The van der Waals surface area contributed by atoms with E-state index in [1.54, 1.807) is 0 Å². The SMILES string of the molecule is C/C(=C/CO[Si](c1ccccc1)(c1ccccc1)C(C)(C)C)CCCS(=O)(=O)c1nc2ccccc2s1. The second-order valence-electron chi connectivity index (χ2n) is 10.4. The summed E-state index contributed by atoms with van der Waals surface area (Å²) >= 11 is 1.25. The topological polar surface area (TPSA) is 56.3 Å². The van der Waals surface area contributed by atoms with Crippen molar-refractivity contribution < 1.29 is 12.8 Å². The van der Waals surface area contributed by atoms with Gasteiger partial charge in [0.2, 0.25) is 14.2 Å². The molecular weight excluding hydrogens is 515 g/mol. The van der Waals surface area contributed by atoms with Gasteiger partial charge in [0.05, 0.1) is 22.6 Å². The van der Waals surface area contributed by atoms with E-state index in [0.717, 1.165) is 15.8 Å². The van der Waals surface area contributed by atoms with Crippen LogP contribution >= 0.6 is 11.3 Å². The van der Waals surface area contributed by atoms with E-state index >= 15 is 0 Å². The number of hydrogen-bond acceptors (Lipinski definition) is 5. The van der Waals surface area contributed by atoms with E-state index in [2.05, 4.69) is 87.3 Å². The highest BCUT2D eigenvalue weighted by Crippen LogP contribution is 2.36. The summed E-state index contributed by atoms with van der Waals surface area (Å²) in [5.74, 6) is 0.0908. The lowest BCUT2D eigenvalue weighted by molar-refractivity contribution is 0.338. The van der Waals surface area contributed by atoms with Crippen LogP contribution < -0.4 is 10.4 Å². The van der Waals surface area contributed by atoms with Gasteiger partial charge in [0, 0.05) is 0 Å². The van der Waals surface area contributed by atoms with E-state index in [-0.39, 0.29) is 15.1 Å². The van der Waals surface area contributed by atoms with Crippen molar-refractivity contribution in [2.45, 2.75) is 49.9 Å². The molecule has 0 bridgehead atoms. The molecule has 0 aliphatic carbocycles. The maximum Gasteiger partial charge on any atom is 0.261 e. The third-order valence-corrected chi connectivity index (χ3v) is 15.0. The fraction of sp³-hybridized carbons (Fsp3) is 0.300. The number of thiazole rings is 1. The zero-order valence-electron chi connectivity index (χ0n) is 22.0. The molecule has 0 unspecified atom stereocenters. The van der Waals surface area contributed by atoms with Gasteiger partial charge < -0.3 is 4.43 Å². The molecule has 0 aliphatic heterocycles. The van der Waals surface area contributed by atoms with Gasteiger partial charge in [-0.25, -0.2) is 13.4 Å². The Balaban J connectivity index is 1.46. The van der Waals surface area contributed by atoms with Crippen LogP contribution in [0.1, 0.15) is 40.5 Å². The van der Waals surface area contributed by atoms with Crippen molar-refractivity contribution in [3.8, 4) is 0 Å². The molecule has 4 aromatic rings. The molecule has 1 heterocycles. The second kappa shape index (κ2) is 11.4. The van der Waals surface area contributed by atoms with Crippen LogP contribution in [0.5, 0.6) is 0 Å². The molecule has 4 nitrogen and oxygen atoms in total. The molecule has 0 saturated heterocycles. The fourth-order valence-corrected chi connectivity index (χ4v) is 11.9. The molecule has 7 heteroatoms. The molecule has 0 saturated carbocycles. The summed E-state index contributed by atoms with van der Waals surface area (Å²) in [5, 5.41) is 2.42. The van der Waals surface area contributed by atoms with Crippen LogP contribution in [0, 0.1) is 0 Å². The summed E-state index contributed by atoms with van der Waals surface area (Å²) in [6.07, 6.45) is 3.37. The Bertz CT molecular complexity index is 1380. The normalized spacial score (nSPS) is 13.2. The van der Waals surface area contributed by atoms with Crippen LogP contribution in [-0.2, 0) is 14.3 Å². The van der Waals surface area contributed by atoms with Crippen LogP contribution in [-0.4, -0.2) is 34.1 Å². The van der Waals surface area contributed by atoms with E-state index in [4.69, 9.17) is 4.43 Å². The van der Waals surface area contributed by atoms with Crippen molar-refractivity contribution in [3.63, 3.8) is 0 Å². The molecule has 0 spiro atoms. The standard InChI is InChI=1S/C30H35NO3S2Si/c1-24(14-13-23-36(32,33)29-31-27-19-11-12-20-28(27)35-29)21-22-34-37(30(2,3)4,25-15-7-5-8-16-25)26-17-9-6-10-18-26/h5-12,15-21H,13-14,22-23H2,1-4H3/b24-21-. The quantitative estimate of drug-likeness (QED) is 0.170. The third-order valence-electron chi connectivity index (χ3n) is 6.67. The molecule has 4 rings (SSSR count). The Hall–Kier alpha value is -2.58. The average Bonchev–Trinajstić information content (AvgIpc) is 3.32.